The summed E-state index contributed by atoms with van der Waals surface area (Å²) in [5, 5.41) is 0. The minimum Gasteiger partial charge on any atom is -0.368 e. The molecule has 3 nitrogen and oxygen atoms in total. The lowest BCUT2D eigenvalue weighted by Crippen LogP contribution is -2.37. The summed E-state index contributed by atoms with van der Waals surface area (Å²) >= 11 is 0. The van der Waals surface area contributed by atoms with Gasteiger partial charge in [-0.15, -0.1) is 6.58 Å². The van der Waals surface area contributed by atoms with Crippen LogP contribution in [0.3, 0.4) is 0 Å². The third kappa shape index (κ3) is 3.95. The van der Waals surface area contributed by atoms with Crippen LogP contribution in [0.2, 0.25) is 0 Å². The zero-order valence-electron chi connectivity index (χ0n) is 14.8. The van der Waals surface area contributed by atoms with Gasteiger partial charge in [0.25, 0.3) is 0 Å². The molecule has 0 saturated heterocycles. The third-order valence-corrected chi connectivity index (χ3v) is 4.82. The quantitative estimate of drug-likeness (QED) is 0.655. The Balaban J connectivity index is 1.80. The largest absolute Gasteiger partial charge is 0.368 e. The van der Waals surface area contributed by atoms with Crippen LogP contribution in [0.4, 0.5) is 13.2 Å². The van der Waals surface area contributed by atoms with Crippen molar-refractivity contribution in [2.75, 3.05) is 6.61 Å². The first-order chi connectivity index (χ1) is 13.0. The molecule has 142 valence electrons. The molecule has 1 aliphatic rings. The number of halogens is 3. The van der Waals surface area contributed by atoms with E-state index in [1.54, 1.807) is 18.2 Å². The molecular formula is C21H20F3NO2. The van der Waals surface area contributed by atoms with E-state index < -0.39 is 29.2 Å². The van der Waals surface area contributed by atoms with Crippen molar-refractivity contribution in [3.63, 3.8) is 0 Å². The number of rotatable bonds is 7. The summed E-state index contributed by atoms with van der Waals surface area (Å²) < 4.78 is 48.1. The van der Waals surface area contributed by atoms with Gasteiger partial charge in [-0.2, -0.15) is 0 Å². The fourth-order valence-corrected chi connectivity index (χ4v) is 3.42. The van der Waals surface area contributed by atoms with Crippen LogP contribution in [-0.2, 0) is 21.6 Å². The van der Waals surface area contributed by atoms with Crippen molar-refractivity contribution in [3.8, 4) is 0 Å². The second kappa shape index (κ2) is 8.05. The number of hydrogen-bond acceptors (Lipinski definition) is 3. The smallest absolute Gasteiger partial charge is 0.195 e. The van der Waals surface area contributed by atoms with Crippen molar-refractivity contribution < 1.29 is 22.7 Å². The maximum atomic E-state index is 15.7. The summed E-state index contributed by atoms with van der Waals surface area (Å²) in [5.74, 6) is -2.07. The van der Waals surface area contributed by atoms with Gasteiger partial charge < -0.3 is 4.74 Å². The van der Waals surface area contributed by atoms with E-state index >= 15 is 4.39 Å². The van der Waals surface area contributed by atoms with Crippen LogP contribution in [0.1, 0.15) is 42.2 Å². The van der Waals surface area contributed by atoms with E-state index in [1.165, 1.54) is 12.3 Å². The van der Waals surface area contributed by atoms with E-state index in [2.05, 4.69) is 11.6 Å². The third-order valence-electron chi connectivity index (χ3n) is 4.82. The lowest BCUT2D eigenvalue weighted by atomic mass is 9.77. The molecule has 0 fully saturated rings. The van der Waals surface area contributed by atoms with E-state index in [0.29, 0.717) is 18.7 Å². The van der Waals surface area contributed by atoms with Gasteiger partial charge in [-0.3, -0.25) is 9.78 Å². The number of carbonyl (C=O) groups excluding carboxylic acids is 1. The summed E-state index contributed by atoms with van der Waals surface area (Å²) in [6.45, 7) is 3.90. The normalized spacial score (nSPS) is 21.5. The SMILES string of the molecule is C=CCO[C@H]1CC[C@@](F)(C(=O)CCc2ccc(F)cc2F)c2cccnc21. The predicted octanol–water partition coefficient (Wildman–Crippen LogP) is 4.76. The molecule has 1 heterocycles. The Morgan fingerprint density at radius 2 is 2.19 bits per heavy atom. The van der Waals surface area contributed by atoms with Crippen molar-refractivity contribution in [2.24, 2.45) is 0 Å². The summed E-state index contributed by atoms with van der Waals surface area (Å²) in [6, 6.07) is 6.28. The molecular weight excluding hydrogens is 355 g/mol. The number of fused-ring (bicyclic) bond motifs is 1. The molecule has 0 unspecified atom stereocenters. The number of ether oxygens (including phenoxy) is 1. The molecule has 0 aliphatic heterocycles. The van der Waals surface area contributed by atoms with Crippen LogP contribution in [0.5, 0.6) is 0 Å². The number of alkyl halides is 1. The van der Waals surface area contributed by atoms with Crippen molar-refractivity contribution >= 4 is 5.78 Å². The molecule has 6 heteroatoms. The monoisotopic (exact) mass is 375 g/mol. The number of hydrogen-bond donors (Lipinski definition) is 0. The van der Waals surface area contributed by atoms with Gasteiger partial charge in [-0.05, 0) is 37.0 Å². The molecule has 0 bridgehead atoms. The highest BCUT2D eigenvalue weighted by molar-refractivity contribution is 5.89. The number of ketones is 1. The van der Waals surface area contributed by atoms with Gasteiger partial charge in [-0.1, -0.05) is 18.2 Å². The van der Waals surface area contributed by atoms with Crippen LogP contribution in [-0.4, -0.2) is 17.4 Å². The Morgan fingerprint density at radius 1 is 1.37 bits per heavy atom. The van der Waals surface area contributed by atoms with E-state index in [1.807, 2.05) is 0 Å². The lowest BCUT2D eigenvalue weighted by molar-refractivity contribution is -0.133. The van der Waals surface area contributed by atoms with Crippen LogP contribution < -0.4 is 0 Å². The zero-order chi connectivity index (χ0) is 19.4. The standard InChI is InChI=1S/C21H20F3NO2/c1-2-12-27-18-9-10-21(24,16-4-3-11-25-20(16)18)19(26)8-6-14-5-7-15(22)13-17(14)23/h2-5,7,11,13,18H,1,6,8-10,12H2/t18-,21-/m0/s1. The van der Waals surface area contributed by atoms with Crippen molar-refractivity contribution in [1.29, 1.82) is 0 Å². The Hall–Kier alpha value is -2.47. The highest BCUT2D eigenvalue weighted by atomic mass is 19.1. The van der Waals surface area contributed by atoms with Gasteiger partial charge in [0.05, 0.1) is 12.3 Å². The minimum absolute atomic E-state index is 0.00258. The Kier molecular flexibility index (Phi) is 5.75. The molecule has 3 rings (SSSR count). The number of pyridine rings is 1. The lowest BCUT2D eigenvalue weighted by Gasteiger charge is -2.34. The second-order valence-corrected chi connectivity index (χ2v) is 6.55. The molecule has 0 N–H and O–H groups in total. The van der Waals surface area contributed by atoms with E-state index in [4.69, 9.17) is 4.74 Å². The molecule has 1 aliphatic carbocycles. The summed E-state index contributed by atoms with van der Waals surface area (Å²) in [7, 11) is 0. The highest BCUT2D eigenvalue weighted by Gasteiger charge is 2.46. The van der Waals surface area contributed by atoms with Crippen molar-refractivity contribution in [3.05, 3.63) is 77.6 Å². The Bertz CT molecular complexity index is 855. The van der Waals surface area contributed by atoms with Gasteiger partial charge in [0, 0.05) is 24.2 Å². The maximum Gasteiger partial charge on any atom is 0.195 e. The summed E-state index contributed by atoms with van der Waals surface area (Å²) in [5.41, 5.74) is -1.39. The van der Waals surface area contributed by atoms with Crippen LogP contribution in [0.15, 0.2) is 49.2 Å². The molecule has 0 spiro atoms. The zero-order valence-corrected chi connectivity index (χ0v) is 14.8. The van der Waals surface area contributed by atoms with E-state index in [9.17, 15) is 13.6 Å². The van der Waals surface area contributed by atoms with Gasteiger partial charge in [0.1, 0.15) is 17.7 Å². The van der Waals surface area contributed by atoms with E-state index in [-0.39, 0.29) is 30.4 Å². The van der Waals surface area contributed by atoms with Crippen molar-refractivity contribution in [2.45, 2.75) is 37.5 Å². The Morgan fingerprint density at radius 3 is 2.93 bits per heavy atom. The molecule has 0 radical (unpaired) electrons. The topological polar surface area (TPSA) is 39.2 Å². The second-order valence-electron chi connectivity index (χ2n) is 6.55. The van der Waals surface area contributed by atoms with Crippen molar-refractivity contribution in [1.82, 2.24) is 4.98 Å². The predicted molar refractivity (Wildman–Crippen MR) is 94.8 cm³/mol. The molecule has 2 aromatic rings. The average Bonchev–Trinajstić information content (AvgIpc) is 2.67. The molecule has 0 amide bonds. The number of nitrogens with zero attached hydrogens (tertiary/aromatic N) is 1. The van der Waals surface area contributed by atoms with Crippen LogP contribution in [0, 0.1) is 11.6 Å². The molecule has 1 aromatic heterocycles. The first-order valence-corrected chi connectivity index (χ1v) is 8.79. The highest BCUT2D eigenvalue weighted by Crippen LogP contribution is 2.44. The number of Topliss-reactive ketones (excluding diaryl/α,β-unsaturated/α-hetero) is 1. The van der Waals surface area contributed by atoms with Gasteiger partial charge in [-0.25, -0.2) is 13.2 Å². The fourth-order valence-electron chi connectivity index (χ4n) is 3.42. The fraction of sp³-hybridized carbons (Fsp3) is 0.333. The molecule has 2 atom stereocenters. The van der Waals surface area contributed by atoms with Gasteiger partial charge >= 0.3 is 0 Å². The van der Waals surface area contributed by atoms with Gasteiger partial charge in [0.15, 0.2) is 11.5 Å². The Labute approximate surface area is 155 Å². The number of aryl methyl sites for hydroxylation is 1. The maximum absolute atomic E-state index is 15.7. The number of aromatic nitrogens is 1. The number of carbonyl (C=O) groups is 1. The first-order valence-electron chi connectivity index (χ1n) is 8.79. The first kappa shape index (κ1) is 19.3. The van der Waals surface area contributed by atoms with Crippen LogP contribution >= 0.6 is 0 Å². The van der Waals surface area contributed by atoms with E-state index in [0.717, 1.165) is 12.1 Å². The summed E-state index contributed by atoms with van der Waals surface area (Å²) in [6.07, 6.45) is 2.83. The molecule has 27 heavy (non-hydrogen) atoms. The average molecular weight is 375 g/mol. The molecule has 1 aromatic carbocycles. The van der Waals surface area contributed by atoms with Gasteiger partial charge in [0.2, 0.25) is 0 Å². The summed E-state index contributed by atoms with van der Waals surface area (Å²) in [4.78, 5) is 16.9. The minimum atomic E-state index is -2.19. The van der Waals surface area contributed by atoms with Crippen LogP contribution in [0.25, 0.3) is 0 Å². The molecule has 0 saturated carbocycles. The number of benzene rings is 1.